The van der Waals surface area contributed by atoms with Crippen LogP contribution in [0.2, 0.25) is 0 Å². The van der Waals surface area contributed by atoms with Gasteiger partial charge in [-0.25, -0.2) is 0 Å². The molecule has 1 aliphatic rings. The summed E-state index contributed by atoms with van der Waals surface area (Å²) in [7, 11) is 0. The standard InChI is InChI=1S/C39H42N2.C2H6.C2H2/c1-6-34(28-27-33(5)40(36-20-10-8-11-21-36)38-25-14-17-31(3)29-38)19-16-24-35(7-2)41(37-22-12-9-13-23-37)39-26-15-18-32(4)30-39;2*1-2/h6-7,9-10,12-18,20-30H,5,8,11,19H2,1-4H3;1-2H3;1-2H/b24-16-,28-27-,34-6-,35-7+;;. The van der Waals surface area contributed by atoms with Gasteiger partial charge in [-0.05, 0) is 118 Å². The van der Waals surface area contributed by atoms with Crippen LogP contribution in [0.3, 0.4) is 0 Å². The van der Waals surface area contributed by atoms with Crippen molar-refractivity contribution in [2.75, 3.05) is 9.80 Å². The van der Waals surface area contributed by atoms with Crippen LogP contribution in [0.5, 0.6) is 0 Å². The molecular weight excluding hydrogens is 544 g/mol. The zero-order valence-electron chi connectivity index (χ0n) is 28.1. The van der Waals surface area contributed by atoms with Crippen molar-refractivity contribution in [1.82, 2.24) is 0 Å². The minimum atomic E-state index is 0.821. The van der Waals surface area contributed by atoms with Crippen LogP contribution in [0.4, 0.5) is 17.1 Å². The Morgan fingerprint density at radius 3 is 1.87 bits per heavy atom. The first-order valence-electron chi connectivity index (χ1n) is 15.8. The van der Waals surface area contributed by atoms with E-state index >= 15 is 0 Å². The van der Waals surface area contributed by atoms with E-state index in [-0.39, 0.29) is 0 Å². The van der Waals surface area contributed by atoms with E-state index in [4.69, 9.17) is 0 Å². The van der Waals surface area contributed by atoms with Crippen molar-refractivity contribution in [1.29, 1.82) is 0 Å². The number of nitrogens with zero attached hydrogens (tertiary/aromatic N) is 2. The molecule has 2 heteroatoms. The monoisotopic (exact) mass is 594 g/mol. The number of allylic oxidation sites excluding steroid dienone is 10. The highest BCUT2D eigenvalue weighted by Gasteiger charge is 2.14. The lowest BCUT2D eigenvalue weighted by Gasteiger charge is -2.28. The lowest BCUT2D eigenvalue weighted by molar-refractivity contribution is 0.987. The molecule has 4 rings (SSSR count). The Hall–Kier alpha value is -5.00. The highest BCUT2D eigenvalue weighted by atomic mass is 15.2. The van der Waals surface area contributed by atoms with E-state index in [0.717, 1.165) is 47.7 Å². The Morgan fingerprint density at radius 2 is 1.33 bits per heavy atom. The molecule has 0 radical (unpaired) electrons. The SMILES string of the molecule is C#C.C=C(/C=C\C(=C/C)C/C=C\C(=C/C)N(c1ccccc1)c1cccc(C)c1)N(C1=CCCC=C1)c1cccc(C)c1.CC. The summed E-state index contributed by atoms with van der Waals surface area (Å²) in [4.78, 5) is 4.56. The van der Waals surface area contributed by atoms with Crippen LogP contribution in [0, 0.1) is 26.7 Å². The average molecular weight is 595 g/mol. The van der Waals surface area contributed by atoms with Gasteiger partial charge in [0.2, 0.25) is 0 Å². The number of terminal acetylenes is 1. The van der Waals surface area contributed by atoms with Crippen molar-refractivity contribution in [2.24, 2.45) is 0 Å². The summed E-state index contributed by atoms with van der Waals surface area (Å²) in [5.74, 6) is 0. The molecule has 1 aliphatic carbocycles. The summed E-state index contributed by atoms with van der Waals surface area (Å²) in [5.41, 5.74) is 10.4. The van der Waals surface area contributed by atoms with Gasteiger partial charge in [0.1, 0.15) is 0 Å². The molecule has 45 heavy (non-hydrogen) atoms. The van der Waals surface area contributed by atoms with E-state index in [1.54, 1.807) is 0 Å². The quantitative estimate of drug-likeness (QED) is 0.161. The number of benzene rings is 3. The zero-order valence-corrected chi connectivity index (χ0v) is 28.1. The van der Waals surface area contributed by atoms with Crippen LogP contribution in [0.1, 0.15) is 58.1 Å². The van der Waals surface area contributed by atoms with Gasteiger partial charge in [-0.3, -0.25) is 0 Å². The van der Waals surface area contributed by atoms with Gasteiger partial charge in [-0.2, -0.15) is 0 Å². The second kappa shape index (κ2) is 20.0. The van der Waals surface area contributed by atoms with Crippen molar-refractivity contribution >= 4 is 17.1 Å². The van der Waals surface area contributed by atoms with E-state index < -0.39 is 0 Å². The highest BCUT2D eigenvalue weighted by molar-refractivity contribution is 5.70. The first kappa shape index (κ1) is 36.2. The first-order chi connectivity index (χ1) is 22.0. The minimum Gasteiger partial charge on any atom is -0.311 e. The predicted octanol–water partition coefficient (Wildman–Crippen LogP) is 12.3. The van der Waals surface area contributed by atoms with Crippen molar-refractivity contribution < 1.29 is 0 Å². The molecule has 2 nitrogen and oxygen atoms in total. The van der Waals surface area contributed by atoms with Gasteiger partial charge in [0.05, 0.1) is 0 Å². The fraction of sp³-hybridized carbons (Fsp3) is 0.209. The van der Waals surface area contributed by atoms with Gasteiger partial charge in [-0.15, -0.1) is 12.8 Å². The number of hydrogen-bond acceptors (Lipinski definition) is 2. The molecular formula is C43H50N2. The molecule has 3 aromatic rings. The fourth-order valence-electron chi connectivity index (χ4n) is 4.98. The van der Waals surface area contributed by atoms with Gasteiger partial charge >= 0.3 is 0 Å². The fourth-order valence-corrected chi connectivity index (χ4v) is 4.98. The van der Waals surface area contributed by atoms with Crippen LogP contribution in [0.15, 0.2) is 163 Å². The zero-order chi connectivity index (χ0) is 33.0. The molecule has 232 valence electrons. The summed E-state index contributed by atoms with van der Waals surface area (Å²) in [6, 6.07) is 27.8. The maximum Gasteiger partial charge on any atom is 0.0464 e. The van der Waals surface area contributed by atoms with Crippen molar-refractivity contribution in [2.45, 2.75) is 60.8 Å². The van der Waals surface area contributed by atoms with E-state index in [9.17, 15) is 0 Å². The molecule has 0 aromatic heterocycles. The third-order valence-corrected chi connectivity index (χ3v) is 7.11. The van der Waals surface area contributed by atoms with Gasteiger partial charge in [0.15, 0.2) is 0 Å². The lowest BCUT2D eigenvalue weighted by Crippen LogP contribution is -2.20. The summed E-state index contributed by atoms with van der Waals surface area (Å²) in [6.45, 7) is 16.9. The van der Waals surface area contributed by atoms with Crippen molar-refractivity contribution in [3.63, 3.8) is 0 Å². The van der Waals surface area contributed by atoms with Crippen LogP contribution in [-0.4, -0.2) is 0 Å². The van der Waals surface area contributed by atoms with Gasteiger partial charge in [-0.1, -0.05) is 99.3 Å². The summed E-state index contributed by atoms with van der Waals surface area (Å²) in [5, 5.41) is 0. The minimum absolute atomic E-state index is 0.821. The van der Waals surface area contributed by atoms with E-state index in [0.29, 0.717) is 0 Å². The van der Waals surface area contributed by atoms with Crippen molar-refractivity contribution in [3.8, 4) is 12.8 Å². The Labute approximate surface area is 273 Å². The molecule has 0 unspecified atom stereocenters. The van der Waals surface area contributed by atoms with E-state index in [1.165, 1.54) is 22.4 Å². The molecule has 0 N–H and O–H groups in total. The highest BCUT2D eigenvalue weighted by Crippen LogP contribution is 2.31. The molecule has 3 aromatic carbocycles. The average Bonchev–Trinajstić information content (AvgIpc) is 3.08. The number of rotatable bonds is 11. The Balaban J connectivity index is 0.00000169. The van der Waals surface area contributed by atoms with Gasteiger partial charge < -0.3 is 9.80 Å². The number of para-hydroxylation sites is 1. The second-order valence-electron chi connectivity index (χ2n) is 10.3. The summed E-state index contributed by atoms with van der Waals surface area (Å²) < 4.78 is 0. The van der Waals surface area contributed by atoms with Crippen LogP contribution in [0.25, 0.3) is 0 Å². The largest absolute Gasteiger partial charge is 0.311 e. The lowest BCUT2D eigenvalue weighted by atomic mass is 10.1. The number of anilines is 3. The Kier molecular flexibility index (Phi) is 16.1. The molecule has 0 spiro atoms. The normalized spacial score (nSPS) is 12.9. The number of aryl methyl sites for hydroxylation is 2. The van der Waals surface area contributed by atoms with Gasteiger partial charge in [0.25, 0.3) is 0 Å². The first-order valence-corrected chi connectivity index (χ1v) is 15.8. The van der Waals surface area contributed by atoms with Gasteiger partial charge in [0, 0.05) is 34.2 Å². The predicted molar refractivity (Wildman–Crippen MR) is 201 cm³/mol. The van der Waals surface area contributed by atoms with E-state index in [1.807, 2.05) is 13.8 Å². The molecule has 0 aliphatic heterocycles. The maximum atomic E-state index is 4.47. The van der Waals surface area contributed by atoms with E-state index in [2.05, 4.69) is 190 Å². The topological polar surface area (TPSA) is 6.48 Å². The molecule has 0 fully saturated rings. The second-order valence-corrected chi connectivity index (χ2v) is 10.3. The van der Waals surface area contributed by atoms with Crippen LogP contribution < -0.4 is 9.80 Å². The smallest absolute Gasteiger partial charge is 0.0464 e. The molecule has 0 bridgehead atoms. The third kappa shape index (κ3) is 10.9. The molecule has 0 amide bonds. The Morgan fingerprint density at radius 1 is 0.733 bits per heavy atom. The molecule has 0 saturated heterocycles. The molecule has 0 heterocycles. The third-order valence-electron chi connectivity index (χ3n) is 7.11. The molecule has 0 saturated carbocycles. The summed E-state index contributed by atoms with van der Waals surface area (Å²) in [6.07, 6.45) is 30.8. The van der Waals surface area contributed by atoms with Crippen LogP contribution in [-0.2, 0) is 0 Å². The maximum absolute atomic E-state index is 4.47. The number of hydrogen-bond donors (Lipinski definition) is 0. The van der Waals surface area contributed by atoms with Crippen molar-refractivity contribution in [3.05, 3.63) is 174 Å². The Bertz CT molecular complexity index is 1560. The summed E-state index contributed by atoms with van der Waals surface area (Å²) >= 11 is 0. The van der Waals surface area contributed by atoms with Crippen LogP contribution >= 0.6 is 0 Å². The molecule has 0 atom stereocenters.